The summed E-state index contributed by atoms with van der Waals surface area (Å²) < 4.78 is 46.6. The van der Waals surface area contributed by atoms with Crippen molar-refractivity contribution in [2.45, 2.75) is 10.7 Å². The molecule has 1 aromatic rings. The van der Waals surface area contributed by atoms with Crippen molar-refractivity contribution in [3.05, 3.63) is 24.3 Å². The van der Waals surface area contributed by atoms with Gasteiger partial charge in [-0.3, -0.25) is 0 Å². The summed E-state index contributed by atoms with van der Waals surface area (Å²) in [5.74, 6) is -3.39. The Morgan fingerprint density at radius 3 is 2.06 bits per heavy atom. The van der Waals surface area contributed by atoms with Crippen LogP contribution in [0.5, 0.6) is 0 Å². The van der Waals surface area contributed by atoms with E-state index in [2.05, 4.69) is 5.43 Å². The summed E-state index contributed by atoms with van der Waals surface area (Å²) in [5.41, 5.74) is 3.49. The van der Waals surface area contributed by atoms with Crippen LogP contribution in [0.2, 0.25) is 0 Å². The van der Waals surface area contributed by atoms with Crippen molar-refractivity contribution < 1.29 is 17.2 Å². The highest BCUT2D eigenvalue weighted by molar-refractivity contribution is 7.91. The second-order valence-electron chi connectivity index (χ2n) is 3.34. The molecule has 0 heterocycles. The zero-order chi connectivity index (χ0) is 12.3. The molecular formula is C9H12F2N2O2S. The molecule has 0 spiro atoms. The Morgan fingerprint density at radius 2 is 1.69 bits per heavy atom. The van der Waals surface area contributed by atoms with Gasteiger partial charge in [0, 0.05) is 19.8 Å². The van der Waals surface area contributed by atoms with Crippen LogP contribution in [-0.4, -0.2) is 33.3 Å². The zero-order valence-electron chi connectivity index (χ0n) is 8.81. The van der Waals surface area contributed by atoms with E-state index in [0.29, 0.717) is 5.69 Å². The maximum absolute atomic E-state index is 12.2. The van der Waals surface area contributed by atoms with Crippen LogP contribution in [0.15, 0.2) is 29.2 Å². The van der Waals surface area contributed by atoms with E-state index in [1.165, 1.54) is 12.1 Å². The summed E-state index contributed by atoms with van der Waals surface area (Å²) in [4.78, 5) is -0.383. The van der Waals surface area contributed by atoms with Gasteiger partial charge in [-0.15, -0.1) is 0 Å². The molecule has 1 N–H and O–H groups in total. The lowest BCUT2D eigenvalue weighted by Crippen LogP contribution is -2.19. The van der Waals surface area contributed by atoms with Crippen molar-refractivity contribution in [3.63, 3.8) is 0 Å². The first-order valence-electron chi connectivity index (χ1n) is 4.40. The molecule has 0 amide bonds. The zero-order valence-corrected chi connectivity index (χ0v) is 9.63. The highest BCUT2D eigenvalue weighted by Gasteiger charge is 2.26. The molecule has 0 aliphatic carbocycles. The molecule has 0 atom stereocenters. The summed E-state index contributed by atoms with van der Waals surface area (Å²) in [5, 5.41) is 1.65. The number of nitrogens with zero attached hydrogens (tertiary/aromatic N) is 1. The van der Waals surface area contributed by atoms with E-state index >= 15 is 0 Å². The molecule has 0 saturated carbocycles. The number of halogens is 2. The third kappa shape index (κ3) is 2.89. The van der Waals surface area contributed by atoms with Crippen molar-refractivity contribution in [1.29, 1.82) is 0 Å². The number of sulfone groups is 1. The van der Waals surface area contributed by atoms with E-state index in [9.17, 15) is 17.2 Å². The third-order valence-electron chi connectivity index (χ3n) is 1.77. The van der Waals surface area contributed by atoms with Gasteiger partial charge in [-0.25, -0.2) is 13.4 Å². The predicted molar refractivity (Wildman–Crippen MR) is 56.9 cm³/mol. The van der Waals surface area contributed by atoms with Crippen LogP contribution in [0.3, 0.4) is 0 Å². The van der Waals surface area contributed by atoms with E-state index in [1.807, 2.05) is 0 Å². The fourth-order valence-electron chi connectivity index (χ4n) is 1.08. The van der Waals surface area contributed by atoms with E-state index in [0.717, 1.165) is 12.1 Å². The number of rotatable bonds is 4. The number of alkyl halides is 2. The van der Waals surface area contributed by atoms with Crippen molar-refractivity contribution in [2.75, 3.05) is 19.5 Å². The van der Waals surface area contributed by atoms with Crippen LogP contribution in [0.4, 0.5) is 14.5 Å². The van der Waals surface area contributed by atoms with Crippen LogP contribution < -0.4 is 5.43 Å². The van der Waals surface area contributed by atoms with Crippen LogP contribution in [0.1, 0.15) is 0 Å². The van der Waals surface area contributed by atoms with E-state index in [1.54, 1.807) is 19.1 Å². The largest absolute Gasteiger partial charge is 0.341 e. The minimum Gasteiger partial charge on any atom is -0.319 e. The lowest BCUT2D eigenvalue weighted by Gasteiger charge is -2.13. The quantitative estimate of drug-likeness (QED) is 0.824. The van der Waals surface area contributed by atoms with E-state index in [4.69, 9.17) is 0 Å². The van der Waals surface area contributed by atoms with Gasteiger partial charge >= 0.3 is 5.76 Å². The summed E-state index contributed by atoms with van der Waals surface area (Å²) >= 11 is 0. The smallest absolute Gasteiger partial charge is 0.319 e. The normalized spacial score (nSPS) is 12.1. The molecular weight excluding hydrogens is 238 g/mol. The SMILES string of the molecule is CN(C)Nc1ccc(S(=O)(=O)C(F)F)cc1. The lowest BCUT2D eigenvalue weighted by atomic mass is 10.3. The van der Waals surface area contributed by atoms with Crippen LogP contribution in [0.25, 0.3) is 0 Å². The Balaban J connectivity index is 2.96. The Morgan fingerprint density at radius 1 is 1.19 bits per heavy atom. The molecule has 0 aliphatic heterocycles. The maximum atomic E-state index is 12.2. The number of benzene rings is 1. The van der Waals surface area contributed by atoms with Gasteiger partial charge in [-0.05, 0) is 24.3 Å². The standard InChI is InChI=1S/C9H12F2N2O2S/c1-13(2)12-7-3-5-8(6-4-7)16(14,15)9(10)11/h3-6,9,12H,1-2H3. The first-order valence-corrected chi connectivity index (χ1v) is 5.95. The van der Waals surface area contributed by atoms with Gasteiger partial charge < -0.3 is 5.43 Å². The van der Waals surface area contributed by atoms with Crippen LogP contribution in [0, 0.1) is 0 Å². The van der Waals surface area contributed by atoms with E-state index < -0.39 is 15.6 Å². The molecule has 0 saturated heterocycles. The number of hydrogen-bond acceptors (Lipinski definition) is 4. The Bertz CT molecular complexity index is 443. The molecule has 0 fully saturated rings. The van der Waals surface area contributed by atoms with Crippen molar-refractivity contribution in [3.8, 4) is 0 Å². The minimum absolute atomic E-state index is 0.383. The number of anilines is 1. The fraction of sp³-hybridized carbons (Fsp3) is 0.333. The van der Waals surface area contributed by atoms with E-state index in [-0.39, 0.29) is 4.90 Å². The lowest BCUT2D eigenvalue weighted by molar-refractivity contribution is 0.234. The molecule has 90 valence electrons. The summed E-state index contributed by atoms with van der Waals surface area (Å²) in [7, 11) is -0.989. The molecule has 0 aliphatic rings. The Hall–Kier alpha value is -1.21. The first kappa shape index (κ1) is 12.9. The highest BCUT2D eigenvalue weighted by Crippen LogP contribution is 2.20. The number of hydrogen-bond donors (Lipinski definition) is 1. The van der Waals surface area contributed by atoms with Gasteiger partial charge in [0.05, 0.1) is 4.90 Å². The van der Waals surface area contributed by atoms with Gasteiger partial charge in [-0.2, -0.15) is 8.78 Å². The van der Waals surface area contributed by atoms with Gasteiger partial charge in [0.1, 0.15) is 0 Å². The second-order valence-corrected chi connectivity index (χ2v) is 5.25. The van der Waals surface area contributed by atoms with Crippen molar-refractivity contribution in [1.82, 2.24) is 5.01 Å². The number of hydrazine groups is 1. The predicted octanol–water partition coefficient (Wildman–Crippen LogP) is 1.57. The van der Waals surface area contributed by atoms with Crippen LogP contribution in [-0.2, 0) is 9.84 Å². The molecule has 1 rings (SSSR count). The van der Waals surface area contributed by atoms with Crippen molar-refractivity contribution in [2.24, 2.45) is 0 Å². The van der Waals surface area contributed by atoms with Gasteiger partial charge in [0.2, 0.25) is 9.84 Å². The van der Waals surface area contributed by atoms with Gasteiger partial charge in [0.15, 0.2) is 0 Å². The Labute approximate surface area is 92.8 Å². The Kier molecular flexibility index (Phi) is 3.82. The molecule has 7 heteroatoms. The summed E-state index contributed by atoms with van der Waals surface area (Å²) in [6.45, 7) is 0. The first-order chi connectivity index (χ1) is 7.34. The summed E-state index contributed by atoms with van der Waals surface area (Å²) in [6, 6.07) is 5.14. The average Bonchev–Trinajstić information content (AvgIpc) is 2.17. The minimum atomic E-state index is -4.50. The maximum Gasteiger partial charge on any atom is 0.341 e. The topological polar surface area (TPSA) is 49.4 Å². The monoisotopic (exact) mass is 250 g/mol. The fourth-order valence-corrected chi connectivity index (χ4v) is 1.80. The van der Waals surface area contributed by atoms with Crippen molar-refractivity contribution >= 4 is 15.5 Å². The molecule has 4 nitrogen and oxygen atoms in total. The molecule has 0 bridgehead atoms. The highest BCUT2D eigenvalue weighted by atomic mass is 32.2. The molecule has 0 radical (unpaired) electrons. The third-order valence-corrected chi connectivity index (χ3v) is 3.17. The molecule has 0 aromatic heterocycles. The second kappa shape index (κ2) is 4.75. The molecule has 0 unspecified atom stereocenters. The van der Waals surface area contributed by atoms with Crippen LogP contribution >= 0.6 is 0 Å². The summed E-state index contributed by atoms with van der Waals surface area (Å²) in [6.07, 6.45) is 0. The molecule has 16 heavy (non-hydrogen) atoms. The average molecular weight is 250 g/mol. The van der Waals surface area contributed by atoms with Gasteiger partial charge in [-0.1, -0.05) is 0 Å². The van der Waals surface area contributed by atoms with Gasteiger partial charge in [0.25, 0.3) is 0 Å². The molecule has 1 aromatic carbocycles. The number of nitrogens with one attached hydrogen (secondary N) is 1.